The third kappa shape index (κ3) is 7.34. The van der Waals surface area contributed by atoms with E-state index in [2.05, 4.69) is 36.6 Å². The average molecular weight is 306 g/mol. The molecule has 0 bridgehead atoms. The van der Waals surface area contributed by atoms with Gasteiger partial charge < -0.3 is 15.4 Å². The van der Waals surface area contributed by atoms with Crippen LogP contribution in [-0.2, 0) is 11.3 Å². The lowest BCUT2D eigenvalue weighted by Gasteiger charge is -2.20. The number of carbonyl (C=O) groups is 1. The van der Waals surface area contributed by atoms with Crippen LogP contribution in [0.25, 0.3) is 0 Å². The molecule has 22 heavy (non-hydrogen) atoms. The van der Waals surface area contributed by atoms with Crippen molar-refractivity contribution in [3.8, 4) is 0 Å². The molecule has 0 aliphatic heterocycles. The fraction of sp³-hybridized carbons (Fsp3) is 0.611. The molecule has 0 saturated heterocycles. The van der Waals surface area contributed by atoms with Crippen molar-refractivity contribution in [1.29, 1.82) is 0 Å². The second-order valence-corrected chi connectivity index (χ2v) is 6.59. The molecule has 1 rings (SSSR count). The zero-order valence-corrected chi connectivity index (χ0v) is 14.5. The van der Waals surface area contributed by atoms with E-state index in [1.54, 1.807) is 0 Å². The van der Waals surface area contributed by atoms with Crippen LogP contribution in [0.1, 0.15) is 59.4 Å². The number of carbonyl (C=O) groups excluding carboxylic acids is 1. The zero-order valence-electron chi connectivity index (χ0n) is 14.5. The summed E-state index contributed by atoms with van der Waals surface area (Å²) in [5.74, 6) is 0. The molecule has 0 radical (unpaired) electrons. The minimum Gasteiger partial charge on any atom is -0.444 e. The first-order valence-corrected chi connectivity index (χ1v) is 8.16. The van der Waals surface area contributed by atoms with E-state index in [1.165, 1.54) is 6.42 Å². The quantitative estimate of drug-likeness (QED) is 0.767. The van der Waals surface area contributed by atoms with E-state index in [0.717, 1.165) is 24.1 Å². The molecule has 0 heterocycles. The Morgan fingerprint density at radius 3 is 2.59 bits per heavy atom. The molecule has 4 nitrogen and oxygen atoms in total. The van der Waals surface area contributed by atoms with Crippen molar-refractivity contribution in [1.82, 2.24) is 5.32 Å². The zero-order chi connectivity index (χ0) is 16.6. The van der Waals surface area contributed by atoms with E-state index in [-0.39, 0.29) is 6.09 Å². The Morgan fingerprint density at radius 2 is 2.00 bits per heavy atom. The number of amides is 1. The molecule has 1 aromatic carbocycles. The van der Waals surface area contributed by atoms with Gasteiger partial charge in [-0.1, -0.05) is 32.4 Å². The maximum atomic E-state index is 11.7. The van der Waals surface area contributed by atoms with Crippen molar-refractivity contribution in [3.05, 3.63) is 29.8 Å². The largest absolute Gasteiger partial charge is 0.444 e. The fourth-order valence-electron chi connectivity index (χ4n) is 2.22. The standard InChI is InChI=1S/C18H30N2O2/c1-6-9-15(7-2)20-16-11-8-10-14(12-16)13-19-17(21)22-18(3,4)5/h8,10-12,15,20H,6-7,9,13H2,1-5H3,(H,19,21). The first-order valence-electron chi connectivity index (χ1n) is 8.16. The van der Waals surface area contributed by atoms with Gasteiger partial charge in [-0.15, -0.1) is 0 Å². The summed E-state index contributed by atoms with van der Waals surface area (Å²) in [5.41, 5.74) is 1.69. The van der Waals surface area contributed by atoms with Crippen molar-refractivity contribution < 1.29 is 9.53 Å². The minimum atomic E-state index is -0.470. The summed E-state index contributed by atoms with van der Waals surface area (Å²) in [7, 11) is 0. The number of benzene rings is 1. The number of ether oxygens (including phenoxy) is 1. The normalized spacial score (nSPS) is 12.6. The smallest absolute Gasteiger partial charge is 0.407 e. The summed E-state index contributed by atoms with van der Waals surface area (Å²) >= 11 is 0. The molecule has 0 aliphatic carbocycles. The van der Waals surface area contributed by atoms with Gasteiger partial charge in [0.05, 0.1) is 0 Å². The van der Waals surface area contributed by atoms with Crippen molar-refractivity contribution in [2.45, 2.75) is 72.1 Å². The number of alkyl carbamates (subject to hydrolysis) is 1. The predicted molar refractivity (Wildman–Crippen MR) is 92.1 cm³/mol. The first kappa shape index (κ1) is 18.3. The molecule has 0 saturated carbocycles. The van der Waals surface area contributed by atoms with Crippen LogP contribution >= 0.6 is 0 Å². The van der Waals surface area contributed by atoms with E-state index >= 15 is 0 Å². The molecule has 1 unspecified atom stereocenters. The van der Waals surface area contributed by atoms with E-state index in [4.69, 9.17) is 4.74 Å². The van der Waals surface area contributed by atoms with Crippen LogP contribution in [0.2, 0.25) is 0 Å². The van der Waals surface area contributed by atoms with Crippen molar-refractivity contribution in [2.75, 3.05) is 5.32 Å². The summed E-state index contributed by atoms with van der Waals surface area (Å²) in [5, 5.41) is 6.34. The lowest BCUT2D eigenvalue weighted by Crippen LogP contribution is -2.32. The van der Waals surface area contributed by atoms with E-state index in [1.807, 2.05) is 32.9 Å². The maximum Gasteiger partial charge on any atom is 0.407 e. The van der Waals surface area contributed by atoms with Gasteiger partial charge in [0.25, 0.3) is 0 Å². The van der Waals surface area contributed by atoms with Crippen molar-refractivity contribution in [2.24, 2.45) is 0 Å². The molecule has 124 valence electrons. The Labute approximate surface area is 134 Å². The van der Waals surface area contributed by atoms with Gasteiger partial charge in [-0.05, 0) is 51.3 Å². The van der Waals surface area contributed by atoms with Crippen LogP contribution in [0, 0.1) is 0 Å². The number of nitrogens with one attached hydrogen (secondary N) is 2. The van der Waals surface area contributed by atoms with Gasteiger partial charge in [0.2, 0.25) is 0 Å². The van der Waals surface area contributed by atoms with Crippen LogP contribution < -0.4 is 10.6 Å². The first-order chi connectivity index (χ1) is 10.3. The van der Waals surface area contributed by atoms with E-state index < -0.39 is 5.60 Å². The summed E-state index contributed by atoms with van der Waals surface area (Å²) in [6, 6.07) is 8.65. The maximum absolute atomic E-state index is 11.7. The van der Waals surface area contributed by atoms with Crippen LogP contribution in [0.3, 0.4) is 0 Å². The Morgan fingerprint density at radius 1 is 1.27 bits per heavy atom. The Balaban J connectivity index is 2.55. The van der Waals surface area contributed by atoms with Crippen molar-refractivity contribution >= 4 is 11.8 Å². The molecule has 2 N–H and O–H groups in total. The molecular weight excluding hydrogens is 276 g/mol. The Bertz CT molecular complexity index is 466. The Kier molecular flexibility index (Phi) is 7.22. The highest BCUT2D eigenvalue weighted by Crippen LogP contribution is 2.15. The average Bonchev–Trinajstić information content (AvgIpc) is 2.43. The Hall–Kier alpha value is -1.71. The highest BCUT2D eigenvalue weighted by atomic mass is 16.6. The molecule has 1 aromatic rings. The van der Waals surface area contributed by atoms with Crippen LogP contribution in [-0.4, -0.2) is 17.7 Å². The molecule has 0 fully saturated rings. The third-order valence-electron chi connectivity index (χ3n) is 3.26. The third-order valence-corrected chi connectivity index (χ3v) is 3.26. The number of anilines is 1. The summed E-state index contributed by atoms with van der Waals surface area (Å²) in [6.45, 7) is 10.4. The number of hydrogen-bond donors (Lipinski definition) is 2. The summed E-state index contributed by atoms with van der Waals surface area (Å²) in [6.07, 6.45) is 3.06. The molecule has 1 amide bonds. The summed E-state index contributed by atoms with van der Waals surface area (Å²) in [4.78, 5) is 11.7. The molecule has 0 spiro atoms. The molecule has 4 heteroatoms. The van der Waals surface area contributed by atoms with Gasteiger partial charge in [0.1, 0.15) is 5.60 Å². The lowest BCUT2D eigenvalue weighted by atomic mass is 10.1. The summed E-state index contributed by atoms with van der Waals surface area (Å²) < 4.78 is 5.24. The van der Waals surface area contributed by atoms with Gasteiger partial charge in [-0.25, -0.2) is 4.79 Å². The lowest BCUT2D eigenvalue weighted by molar-refractivity contribution is 0.0523. The molecule has 0 aromatic heterocycles. The van der Waals surface area contributed by atoms with Gasteiger partial charge in [0, 0.05) is 18.3 Å². The number of hydrogen-bond acceptors (Lipinski definition) is 3. The van der Waals surface area contributed by atoms with Crippen LogP contribution in [0.4, 0.5) is 10.5 Å². The predicted octanol–water partition coefficient (Wildman–Crippen LogP) is 4.70. The molecule has 0 aliphatic rings. The second-order valence-electron chi connectivity index (χ2n) is 6.59. The molecular formula is C18H30N2O2. The highest BCUT2D eigenvalue weighted by Gasteiger charge is 2.15. The van der Waals surface area contributed by atoms with Gasteiger partial charge in [-0.3, -0.25) is 0 Å². The SMILES string of the molecule is CCCC(CC)Nc1cccc(CNC(=O)OC(C)(C)C)c1. The topological polar surface area (TPSA) is 50.4 Å². The number of rotatable bonds is 7. The fourth-order valence-corrected chi connectivity index (χ4v) is 2.22. The van der Waals surface area contributed by atoms with Gasteiger partial charge >= 0.3 is 6.09 Å². The molecule has 1 atom stereocenters. The monoisotopic (exact) mass is 306 g/mol. The van der Waals surface area contributed by atoms with E-state index in [9.17, 15) is 4.79 Å². The van der Waals surface area contributed by atoms with Crippen LogP contribution in [0.15, 0.2) is 24.3 Å². The highest BCUT2D eigenvalue weighted by molar-refractivity contribution is 5.67. The van der Waals surface area contributed by atoms with Gasteiger partial charge in [-0.2, -0.15) is 0 Å². The minimum absolute atomic E-state index is 0.386. The second kappa shape index (κ2) is 8.66. The van der Waals surface area contributed by atoms with Crippen LogP contribution in [0.5, 0.6) is 0 Å². The van der Waals surface area contributed by atoms with E-state index in [0.29, 0.717) is 12.6 Å². The van der Waals surface area contributed by atoms with Gasteiger partial charge in [0.15, 0.2) is 0 Å². The van der Waals surface area contributed by atoms with Crippen molar-refractivity contribution in [3.63, 3.8) is 0 Å².